The Balaban J connectivity index is 1.37. The van der Waals surface area contributed by atoms with Crippen LogP contribution in [0.1, 0.15) is 36.6 Å². The minimum Gasteiger partial charge on any atom is -0.366 e. The maximum atomic E-state index is 13.8. The van der Waals surface area contributed by atoms with Gasteiger partial charge < -0.3 is 5.32 Å². The number of rotatable bonds is 5. The zero-order chi connectivity index (χ0) is 16.5. The maximum Gasteiger partial charge on any atom is 0.133 e. The van der Waals surface area contributed by atoms with E-state index in [-0.39, 0.29) is 11.6 Å². The Morgan fingerprint density at radius 3 is 2.67 bits per heavy atom. The highest BCUT2D eigenvalue weighted by atomic mass is 19.1. The van der Waals surface area contributed by atoms with Crippen molar-refractivity contribution in [1.82, 2.24) is 14.9 Å². The van der Waals surface area contributed by atoms with E-state index in [9.17, 15) is 8.78 Å². The van der Waals surface area contributed by atoms with Gasteiger partial charge in [0.25, 0.3) is 0 Å². The lowest BCUT2D eigenvalue weighted by Gasteiger charge is -2.18. The van der Waals surface area contributed by atoms with Gasteiger partial charge in [-0.15, -0.1) is 0 Å². The first-order chi connectivity index (χ1) is 11.7. The van der Waals surface area contributed by atoms with E-state index in [2.05, 4.69) is 20.2 Å². The molecule has 1 unspecified atom stereocenters. The van der Waals surface area contributed by atoms with E-state index in [4.69, 9.17) is 0 Å². The monoisotopic (exact) mass is 330 g/mol. The van der Waals surface area contributed by atoms with E-state index in [0.29, 0.717) is 12.5 Å². The van der Waals surface area contributed by atoms with Gasteiger partial charge in [0, 0.05) is 43.4 Å². The van der Waals surface area contributed by atoms with Crippen molar-refractivity contribution < 1.29 is 8.78 Å². The fraction of sp³-hybridized carbons (Fsp3) is 0.444. The molecule has 6 heteroatoms. The molecule has 2 aliphatic rings. The van der Waals surface area contributed by atoms with E-state index in [1.807, 2.05) is 6.07 Å². The minimum atomic E-state index is -0.476. The number of aromatic nitrogens is 2. The molecular weight excluding hydrogens is 310 g/mol. The summed E-state index contributed by atoms with van der Waals surface area (Å²) >= 11 is 0. The van der Waals surface area contributed by atoms with Crippen LogP contribution in [0.4, 0.5) is 14.6 Å². The summed E-state index contributed by atoms with van der Waals surface area (Å²) in [5.41, 5.74) is 0.149. The van der Waals surface area contributed by atoms with E-state index >= 15 is 0 Å². The Bertz CT molecular complexity index is 712. The molecule has 1 saturated heterocycles. The molecule has 0 bridgehead atoms. The molecule has 4 rings (SSSR count). The van der Waals surface area contributed by atoms with Crippen LogP contribution in [0.2, 0.25) is 0 Å². The number of likely N-dealkylation sites (tertiary alicyclic amines) is 1. The molecule has 4 nitrogen and oxygen atoms in total. The average molecular weight is 330 g/mol. The smallest absolute Gasteiger partial charge is 0.133 e. The summed E-state index contributed by atoms with van der Waals surface area (Å²) in [6.45, 7) is 1.86. The lowest BCUT2D eigenvalue weighted by molar-refractivity contribution is 0.316. The highest BCUT2D eigenvalue weighted by Crippen LogP contribution is 2.38. The molecule has 126 valence electrons. The van der Waals surface area contributed by atoms with Crippen LogP contribution in [0, 0.1) is 11.6 Å². The zero-order valence-electron chi connectivity index (χ0n) is 13.4. The fourth-order valence-electron chi connectivity index (χ4n) is 3.20. The topological polar surface area (TPSA) is 41.0 Å². The Kier molecular flexibility index (Phi) is 4.14. The number of benzene rings is 1. The lowest BCUT2D eigenvalue weighted by Crippen LogP contribution is -2.27. The van der Waals surface area contributed by atoms with Crippen molar-refractivity contribution in [3.8, 4) is 0 Å². The summed E-state index contributed by atoms with van der Waals surface area (Å²) in [7, 11) is 0. The molecule has 1 aliphatic heterocycles. The molecule has 0 amide bonds. The van der Waals surface area contributed by atoms with Gasteiger partial charge in [0.05, 0.1) is 0 Å². The molecule has 1 aromatic carbocycles. The van der Waals surface area contributed by atoms with Gasteiger partial charge in [-0.3, -0.25) is 4.90 Å². The molecule has 2 fully saturated rings. The normalized spacial score (nSPS) is 21.2. The summed E-state index contributed by atoms with van der Waals surface area (Å²) in [5.74, 6) is 1.34. The summed E-state index contributed by atoms with van der Waals surface area (Å²) in [4.78, 5) is 11.0. The molecular formula is C18H20F2N4. The average Bonchev–Trinajstić information content (AvgIpc) is 3.33. The van der Waals surface area contributed by atoms with Gasteiger partial charge in [-0.25, -0.2) is 18.7 Å². The van der Waals surface area contributed by atoms with E-state index in [0.717, 1.165) is 31.2 Å². The molecule has 0 radical (unpaired) electrons. The third-order valence-corrected chi connectivity index (χ3v) is 4.68. The van der Waals surface area contributed by atoms with Crippen molar-refractivity contribution in [2.45, 2.75) is 37.8 Å². The SMILES string of the molecule is Fc1cccc(F)c1CN1CCC(Nc2ccnc(C3CC3)n2)C1. The maximum absolute atomic E-state index is 13.8. The van der Waals surface area contributed by atoms with Crippen LogP contribution in [-0.2, 0) is 6.54 Å². The van der Waals surface area contributed by atoms with Crippen molar-refractivity contribution in [1.29, 1.82) is 0 Å². The van der Waals surface area contributed by atoms with Crippen LogP contribution in [0.3, 0.4) is 0 Å². The van der Waals surface area contributed by atoms with Crippen LogP contribution >= 0.6 is 0 Å². The number of hydrogen-bond donors (Lipinski definition) is 1. The minimum absolute atomic E-state index is 0.149. The Labute approximate surface area is 139 Å². The highest BCUT2D eigenvalue weighted by molar-refractivity contribution is 5.35. The first-order valence-corrected chi connectivity index (χ1v) is 8.44. The van der Waals surface area contributed by atoms with Crippen LogP contribution in [0.15, 0.2) is 30.5 Å². The summed E-state index contributed by atoms with van der Waals surface area (Å²) in [6, 6.07) is 6.14. The molecule has 24 heavy (non-hydrogen) atoms. The van der Waals surface area contributed by atoms with E-state index in [1.165, 1.54) is 31.0 Å². The molecule has 0 spiro atoms. The number of nitrogens with zero attached hydrogens (tertiary/aromatic N) is 3. The first kappa shape index (κ1) is 15.4. The lowest BCUT2D eigenvalue weighted by atomic mass is 10.2. The van der Waals surface area contributed by atoms with E-state index in [1.54, 1.807) is 6.20 Å². The highest BCUT2D eigenvalue weighted by Gasteiger charge is 2.28. The Morgan fingerprint density at radius 2 is 1.92 bits per heavy atom. The number of hydrogen-bond acceptors (Lipinski definition) is 4. The van der Waals surface area contributed by atoms with Gasteiger partial charge in [0.1, 0.15) is 23.3 Å². The van der Waals surface area contributed by atoms with Gasteiger partial charge >= 0.3 is 0 Å². The summed E-state index contributed by atoms with van der Waals surface area (Å²) in [5, 5.41) is 3.43. The van der Waals surface area contributed by atoms with Gasteiger partial charge in [-0.2, -0.15) is 0 Å². The van der Waals surface area contributed by atoms with Gasteiger partial charge in [0.2, 0.25) is 0 Å². The summed E-state index contributed by atoms with van der Waals surface area (Å²) < 4.78 is 27.5. The van der Waals surface area contributed by atoms with E-state index < -0.39 is 11.6 Å². The van der Waals surface area contributed by atoms with Crippen LogP contribution < -0.4 is 5.32 Å². The van der Waals surface area contributed by atoms with Gasteiger partial charge in [-0.05, 0) is 37.5 Å². The van der Waals surface area contributed by atoms with Crippen molar-refractivity contribution in [3.05, 3.63) is 53.5 Å². The Hall–Kier alpha value is -2.08. The number of anilines is 1. The van der Waals surface area contributed by atoms with Crippen LogP contribution in [0.25, 0.3) is 0 Å². The fourth-order valence-corrected chi connectivity index (χ4v) is 3.20. The predicted molar refractivity (Wildman–Crippen MR) is 87.7 cm³/mol. The third kappa shape index (κ3) is 3.38. The molecule has 1 N–H and O–H groups in total. The second-order valence-electron chi connectivity index (χ2n) is 6.64. The third-order valence-electron chi connectivity index (χ3n) is 4.68. The van der Waals surface area contributed by atoms with Gasteiger partial charge in [-0.1, -0.05) is 6.07 Å². The van der Waals surface area contributed by atoms with Crippen LogP contribution in [0.5, 0.6) is 0 Å². The van der Waals surface area contributed by atoms with Crippen molar-refractivity contribution in [2.75, 3.05) is 18.4 Å². The number of nitrogens with one attached hydrogen (secondary N) is 1. The van der Waals surface area contributed by atoms with Gasteiger partial charge in [0.15, 0.2) is 0 Å². The second kappa shape index (κ2) is 6.43. The largest absolute Gasteiger partial charge is 0.366 e. The van der Waals surface area contributed by atoms with Crippen LogP contribution in [-0.4, -0.2) is 34.0 Å². The van der Waals surface area contributed by atoms with Crippen molar-refractivity contribution in [3.63, 3.8) is 0 Å². The molecule has 1 atom stereocenters. The number of halogens is 2. The second-order valence-corrected chi connectivity index (χ2v) is 6.64. The molecule has 1 aliphatic carbocycles. The molecule has 1 saturated carbocycles. The quantitative estimate of drug-likeness (QED) is 0.913. The molecule has 2 aromatic rings. The standard InChI is InChI=1S/C18H20F2N4/c19-15-2-1-3-16(20)14(15)11-24-9-7-13(10-24)22-17-6-8-21-18(23-17)12-4-5-12/h1-3,6,8,12-13H,4-5,7,9-11H2,(H,21,22,23). The molecule has 2 heterocycles. The van der Waals surface area contributed by atoms with Crippen molar-refractivity contribution in [2.24, 2.45) is 0 Å². The summed E-state index contributed by atoms with van der Waals surface area (Å²) in [6.07, 6.45) is 5.08. The predicted octanol–water partition coefficient (Wildman–Crippen LogP) is 3.32. The molecule has 1 aromatic heterocycles. The van der Waals surface area contributed by atoms with Crippen molar-refractivity contribution >= 4 is 5.82 Å². The first-order valence-electron chi connectivity index (χ1n) is 8.44. The Morgan fingerprint density at radius 1 is 1.12 bits per heavy atom. The zero-order valence-corrected chi connectivity index (χ0v) is 13.4.